The van der Waals surface area contributed by atoms with Gasteiger partial charge in [-0.2, -0.15) is 3.89 Å². The molecule has 0 fully saturated rings. The maximum Gasteiger partial charge on any atom is 0.259 e. The van der Waals surface area contributed by atoms with E-state index in [1.807, 2.05) is 67.8 Å². The maximum atomic E-state index is 13.3. The Morgan fingerprint density at radius 2 is 1.05 bits per heavy atom. The molecule has 0 saturated heterocycles. The van der Waals surface area contributed by atoms with E-state index < -0.39 is 55.8 Å². The molecular formula is C33H29Br3F7I3N6O3S. The summed E-state index contributed by atoms with van der Waals surface area (Å²) in [5, 5.41) is 18.2. The fourth-order valence-corrected chi connectivity index (χ4v) is 6.73. The van der Waals surface area contributed by atoms with Gasteiger partial charge in [0.05, 0.1) is 12.4 Å². The topological polar surface area (TPSA) is 153 Å². The standard InChI is InChI=1S/C12H9BrF2IN3O.2C8H7F2IO.C4H3Br2N3.CH3FS/c13-10-5-18-11(17)12(19-10)20-9(4-14)7-3-6(15)1-2-8(7)16;2*9-4-8(12)6-3-5(10)1-2-7(6)11;5-2-1-8-4(7)3(6)9-2;1-3-2/h1-3,5,9H,4H2,(H2,17,18);2*1-3,8,12H,4H2;1H,(H2,7,8);1H3/t9-;8-;;;/m00.../s1. The van der Waals surface area contributed by atoms with Crippen LogP contribution in [-0.2, 0) is 0 Å². The molecular weight excluding hydrogens is 1310 g/mol. The number of aromatic nitrogens is 4. The summed E-state index contributed by atoms with van der Waals surface area (Å²) in [7, 11) is 0. The van der Waals surface area contributed by atoms with Crippen molar-refractivity contribution >= 4 is 139 Å². The molecule has 0 radical (unpaired) electrons. The third-order valence-corrected chi connectivity index (χ3v) is 10.4. The first-order valence-electron chi connectivity index (χ1n) is 14.8. The van der Waals surface area contributed by atoms with E-state index in [1.165, 1.54) is 48.9 Å². The molecule has 5 rings (SSSR count). The summed E-state index contributed by atoms with van der Waals surface area (Å²) in [6, 6.07) is 11.9. The smallest absolute Gasteiger partial charge is 0.259 e. The first kappa shape index (κ1) is 52.6. The molecule has 5 aromatic rings. The van der Waals surface area contributed by atoms with Gasteiger partial charge in [0, 0.05) is 34.7 Å². The minimum absolute atomic E-state index is 0.00193. The number of halogens is 13. The van der Waals surface area contributed by atoms with E-state index >= 15 is 0 Å². The average Bonchev–Trinajstić information content (AvgIpc) is 3.17. The molecule has 0 amide bonds. The highest BCUT2D eigenvalue weighted by atomic mass is 127. The van der Waals surface area contributed by atoms with Gasteiger partial charge in [-0.15, -0.1) is 0 Å². The van der Waals surface area contributed by atoms with Crippen LogP contribution >= 0.6 is 128 Å². The molecule has 2 aromatic heterocycles. The molecule has 56 heavy (non-hydrogen) atoms. The Morgan fingerprint density at radius 3 is 1.43 bits per heavy atom. The fraction of sp³-hybridized carbons (Fsp3) is 0.212. The van der Waals surface area contributed by atoms with Crippen LogP contribution in [0.25, 0.3) is 0 Å². The van der Waals surface area contributed by atoms with Crippen molar-refractivity contribution in [2.75, 3.05) is 37.7 Å². The second-order valence-electron chi connectivity index (χ2n) is 10.0. The van der Waals surface area contributed by atoms with Gasteiger partial charge in [0.2, 0.25) is 0 Å². The highest BCUT2D eigenvalue weighted by Crippen LogP contribution is 2.29. The lowest BCUT2D eigenvalue weighted by Crippen LogP contribution is -2.14. The molecule has 0 aliphatic rings. The molecule has 0 spiro atoms. The van der Waals surface area contributed by atoms with Gasteiger partial charge in [0.25, 0.3) is 5.88 Å². The molecule has 3 aromatic carbocycles. The largest absolute Gasteiger partial charge is 0.464 e. The van der Waals surface area contributed by atoms with E-state index in [-0.39, 0.29) is 23.8 Å². The zero-order chi connectivity index (χ0) is 42.5. The highest BCUT2D eigenvalue weighted by molar-refractivity contribution is 14.1. The molecule has 1 unspecified atom stereocenters. The number of nitrogen functional groups attached to an aromatic ring is 2. The number of rotatable bonds is 8. The summed E-state index contributed by atoms with van der Waals surface area (Å²) in [6.45, 7) is -2.62. The molecule has 306 valence electrons. The van der Waals surface area contributed by atoms with Gasteiger partial charge in [-0.25, -0.2) is 46.3 Å². The van der Waals surface area contributed by atoms with E-state index in [0.717, 1.165) is 12.1 Å². The van der Waals surface area contributed by atoms with Crippen molar-refractivity contribution in [3.8, 4) is 5.88 Å². The SMILES string of the molecule is CSF.Nc1ncc(Br)nc1Br.Nc1ncc(Br)nc1O[C@@H](CF)c1cc(F)ccc1I.OC(CF)c1cc(F)ccc1I.O[C@@H](CF)c1cc(F)ccc1I. The quantitative estimate of drug-likeness (QED) is 0.0872. The molecule has 2 heterocycles. The first-order valence-corrected chi connectivity index (χ1v) is 21.6. The van der Waals surface area contributed by atoms with Gasteiger partial charge in [-0.1, -0.05) is 0 Å². The molecule has 3 atom stereocenters. The van der Waals surface area contributed by atoms with Gasteiger partial charge >= 0.3 is 0 Å². The first-order chi connectivity index (χ1) is 26.4. The van der Waals surface area contributed by atoms with Gasteiger partial charge in [0.1, 0.15) is 63.5 Å². The third-order valence-electron chi connectivity index (χ3n) is 6.09. The van der Waals surface area contributed by atoms with Crippen molar-refractivity contribution in [3.63, 3.8) is 0 Å². The number of aliphatic hydroxyl groups excluding tert-OH is 2. The van der Waals surface area contributed by atoms with Crippen LogP contribution in [0.15, 0.2) is 80.8 Å². The van der Waals surface area contributed by atoms with E-state index in [2.05, 4.69) is 67.7 Å². The number of nitrogens with two attached hydrogens (primary N) is 2. The Hall–Kier alpha value is -1.37. The Bertz CT molecular complexity index is 1920. The Balaban J connectivity index is 0.000000380. The van der Waals surface area contributed by atoms with E-state index in [9.17, 15) is 30.2 Å². The van der Waals surface area contributed by atoms with Crippen LogP contribution in [0.3, 0.4) is 0 Å². The number of hydrogen-bond donors (Lipinski definition) is 4. The number of alkyl halides is 3. The van der Waals surface area contributed by atoms with Crippen LogP contribution in [0.4, 0.5) is 41.9 Å². The van der Waals surface area contributed by atoms with Crippen molar-refractivity contribution in [1.82, 2.24) is 19.9 Å². The van der Waals surface area contributed by atoms with Crippen molar-refractivity contribution < 1.29 is 45.2 Å². The third kappa shape index (κ3) is 19.1. The Morgan fingerprint density at radius 1 is 0.679 bits per heavy atom. The minimum Gasteiger partial charge on any atom is -0.464 e. The van der Waals surface area contributed by atoms with Crippen LogP contribution in [-0.4, -0.2) is 56.4 Å². The fourth-order valence-electron chi connectivity index (χ4n) is 3.58. The van der Waals surface area contributed by atoms with Gasteiger partial charge in [0.15, 0.2) is 17.7 Å². The van der Waals surface area contributed by atoms with Gasteiger partial charge in [-0.05, 0) is 181 Å². The number of ether oxygens (including phenoxy) is 1. The lowest BCUT2D eigenvalue weighted by atomic mass is 10.1. The Labute approximate surface area is 387 Å². The molecule has 0 aliphatic carbocycles. The van der Waals surface area contributed by atoms with Crippen molar-refractivity contribution in [1.29, 1.82) is 0 Å². The summed E-state index contributed by atoms with van der Waals surface area (Å²) in [5.41, 5.74) is 12.0. The van der Waals surface area contributed by atoms with Crippen LogP contribution in [0.1, 0.15) is 35.0 Å². The summed E-state index contributed by atoms with van der Waals surface area (Å²) in [5.74, 6) is -0.940. The summed E-state index contributed by atoms with van der Waals surface area (Å²) in [4.78, 5) is 15.5. The number of hydrogen-bond acceptors (Lipinski definition) is 10. The van der Waals surface area contributed by atoms with Crippen molar-refractivity contribution in [2.45, 2.75) is 18.3 Å². The minimum atomic E-state index is -1.22. The highest BCUT2D eigenvalue weighted by Gasteiger charge is 2.20. The average molecular weight is 1340 g/mol. The number of anilines is 2. The van der Waals surface area contributed by atoms with E-state index in [1.54, 1.807) is 12.3 Å². The molecule has 9 nitrogen and oxygen atoms in total. The second kappa shape index (κ2) is 28.2. The van der Waals surface area contributed by atoms with Crippen molar-refractivity contribution in [2.24, 2.45) is 0 Å². The monoisotopic (exact) mass is 1340 g/mol. The predicted molar refractivity (Wildman–Crippen MR) is 239 cm³/mol. The van der Waals surface area contributed by atoms with Crippen LogP contribution in [0.2, 0.25) is 0 Å². The number of aliphatic hydroxyl groups is 2. The van der Waals surface area contributed by atoms with Gasteiger partial charge in [-0.3, -0.25) is 0 Å². The normalized spacial score (nSPS) is 11.8. The molecule has 0 aliphatic heterocycles. The molecule has 23 heteroatoms. The summed E-state index contributed by atoms with van der Waals surface area (Å²) in [6.07, 6.45) is 0.891. The summed E-state index contributed by atoms with van der Waals surface area (Å²) < 4.78 is 95.0. The lowest BCUT2D eigenvalue weighted by Gasteiger charge is -2.17. The van der Waals surface area contributed by atoms with Gasteiger partial charge < -0.3 is 26.4 Å². The lowest BCUT2D eigenvalue weighted by molar-refractivity contribution is 0.140. The van der Waals surface area contributed by atoms with E-state index in [4.69, 9.17) is 26.4 Å². The maximum absolute atomic E-state index is 13.3. The number of nitrogens with zero attached hydrogens (tertiary/aromatic N) is 4. The molecule has 0 bridgehead atoms. The van der Waals surface area contributed by atoms with E-state index in [0.29, 0.717) is 47.0 Å². The predicted octanol–water partition coefficient (Wildman–Crippen LogP) is 11.3. The van der Waals surface area contributed by atoms with Crippen LogP contribution in [0.5, 0.6) is 5.88 Å². The Kier molecular flexibility index (Phi) is 26.5. The summed E-state index contributed by atoms with van der Waals surface area (Å²) >= 11 is 15.5. The zero-order valence-electron chi connectivity index (χ0n) is 28.3. The van der Waals surface area contributed by atoms with Crippen molar-refractivity contribution in [3.05, 3.63) is 126 Å². The second-order valence-corrected chi connectivity index (χ2v) is 16.2. The van der Waals surface area contributed by atoms with Crippen LogP contribution in [0, 0.1) is 28.2 Å². The molecule has 0 saturated carbocycles. The number of benzene rings is 3. The molecule has 6 N–H and O–H groups in total. The zero-order valence-corrected chi connectivity index (χ0v) is 40.3. The van der Waals surface area contributed by atoms with Crippen LogP contribution < -0.4 is 16.2 Å².